The number of benzene rings is 6. The van der Waals surface area contributed by atoms with E-state index in [2.05, 4.69) is 44.5 Å². The van der Waals surface area contributed by atoms with Gasteiger partial charge in [0.1, 0.15) is 23.0 Å². The summed E-state index contributed by atoms with van der Waals surface area (Å²) in [5.74, 6) is 13.2. The number of esters is 2. The van der Waals surface area contributed by atoms with Crippen LogP contribution in [0.1, 0.15) is 200 Å². The van der Waals surface area contributed by atoms with Gasteiger partial charge in [-0.3, -0.25) is 14.5 Å². The van der Waals surface area contributed by atoms with Crippen molar-refractivity contribution >= 4 is 23.8 Å². The molecule has 6 aromatic carbocycles. The minimum Gasteiger partial charge on any atom is -0.494 e. The monoisotopic (exact) mass is 1030 g/mol. The molecule has 0 saturated heterocycles. The minimum absolute atomic E-state index is 0.296. The van der Waals surface area contributed by atoms with Crippen LogP contribution in [0.3, 0.4) is 0 Å². The van der Waals surface area contributed by atoms with E-state index in [9.17, 15) is 19.2 Å². The van der Waals surface area contributed by atoms with Gasteiger partial charge in [-0.15, -0.1) is 0 Å². The first kappa shape index (κ1) is 58.4. The Bertz CT molecular complexity index is 2670. The number of rotatable bonds is 29. The third-order valence-corrected chi connectivity index (χ3v) is 13.0. The Morgan fingerprint density at radius 1 is 0.325 bits per heavy atom. The number of hydrogen-bond acceptors (Lipinski definition) is 8. The predicted octanol–water partition coefficient (Wildman–Crippen LogP) is 16.0. The second-order valence-corrected chi connectivity index (χ2v) is 19.3. The Morgan fingerprint density at radius 2 is 0.597 bits per heavy atom. The van der Waals surface area contributed by atoms with Crippen LogP contribution < -0.4 is 18.9 Å². The molecule has 9 heteroatoms. The highest BCUT2D eigenvalue weighted by Gasteiger charge is 2.24. The molecule has 0 N–H and O–H groups in total. The van der Waals surface area contributed by atoms with Gasteiger partial charge in [-0.25, -0.2) is 9.59 Å². The second kappa shape index (κ2) is 33.2. The number of nitrogens with zero attached hydrogens (tertiary/aromatic N) is 1. The number of hydrogen-bond donors (Lipinski definition) is 0. The molecular formula is C68H75NO8. The molecule has 0 unspecified atom stereocenters. The van der Waals surface area contributed by atoms with Crippen molar-refractivity contribution in [1.82, 2.24) is 4.90 Å². The van der Waals surface area contributed by atoms with Gasteiger partial charge in [0.15, 0.2) is 0 Å². The number of unbranched alkanes of at least 4 members (excludes halogenated alkanes) is 15. The zero-order valence-electron chi connectivity index (χ0n) is 45.4. The average molecular weight is 1030 g/mol. The summed E-state index contributed by atoms with van der Waals surface area (Å²) >= 11 is 0. The fourth-order valence-electron chi connectivity index (χ4n) is 8.40. The van der Waals surface area contributed by atoms with E-state index < -0.39 is 11.9 Å². The van der Waals surface area contributed by atoms with Crippen LogP contribution in [0.25, 0.3) is 0 Å². The number of carbonyl (C=O) groups excluding carboxylic acids is 4. The van der Waals surface area contributed by atoms with Gasteiger partial charge in [0, 0.05) is 39.9 Å². The Kier molecular flexibility index (Phi) is 25.2. The summed E-state index contributed by atoms with van der Waals surface area (Å²) < 4.78 is 22.9. The first-order valence-corrected chi connectivity index (χ1v) is 27.9. The van der Waals surface area contributed by atoms with Crippen LogP contribution in [0, 0.1) is 23.7 Å². The Morgan fingerprint density at radius 3 is 0.935 bits per heavy atom. The molecule has 2 amide bonds. The van der Waals surface area contributed by atoms with Gasteiger partial charge in [0.2, 0.25) is 0 Å². The van der Waals surface area contributed by atoms with Crippen molar-refractivity contribution in [2.24, 2.45) is 0 Å². The maximum Gasteiger partial charge on any atom is 0.343 e. The lowest BCUT2D eigenvalue weighted by Crippen LogP contribution is -2.37. The normalized spacial score (nSPS) is 10.6. The highest BCUT2D eigenvalue weighted by molar-refractivity contribution is 6.10. The van der Waals surface area contributed by atoms with E-state index in [-0.39, 0.29) is 11.8 Å². The van der Waals surface area contributed by atoms with E-state index >= 15 is 0 Å². The van der Waals surface area contributed by atoms with Crippen molar-refractivity contribution in [2.75, 3.05) is 19.8 Å². The molecule has 6 aromatic rings. The lowest BCUT2D eigenvalue weighted by molar-refractivity contribution is 0.0611. The molecule has 0 atom stereocenters. The summed E-state index contributed by atoms with van der Waals surface area (Å²) in [6.07, 6.45) is 20.4. The van der Waals surface area contributed by atoms with Gasteiger partial charge in [0.05, 0.1) is 24.3 Å². The summed E-state index contributed by atoms with van der Waals surface area (Å²) in [6, 6.07) is 41.9. The largest absolute Gasteiger partial charge is 0.494 e. The van der Waals surface area contributed by atoms with Crippen molar-refractivity contribution in [2.45, 2.75) is 136 Å². The molecule has 77 heavy (non-hydrogen) atoms. The maximum atomic E-state index is 14.0. The van der Waals surface area contributed by atoms with Crippen LogP contribution in [-0.2, 0) is 0 Å². The number of amides is 2. The van der Waals surface area contributed by atoms with Gasteiger partial charge in [-0.1, -0.05) is 141 Å². The number of imide groups is 1. The van der Waals surface area contributed by atoms with Crippen LogP contribution >= 0.6 is 0 Å². The number of ether oxygens (including phenoxy) is 4. The molecule has 0 aliphatic carbocycles. The summed E-state index contributed by atoms with van der Waals surface area (Å²) in [5.41, 5.74) is 4.48. The lowest BCUT2D eigenvalue weighted by Gasteiger charge is -2.21. The Balaban J connectivity index is 0.992. The topological polar surface area (TPSA) is 108 Å². The maximum absolute atomic E-state index is 14.0. The molecule has 0 aliphatic rings. The standard InChI is InChI=1S/C68H75NO8/c1-4-7-10-13-16-19-50-69(65(70)57-34-26-53(27-35-57)22-24-55-30-42-63(43-31-55)76-67(72)59-38-46-61(47-39-59)74-51-20-17-14-11-8-5-2)66(71)58-36-28-54(29-37-58)23-25-56-32-44-64(45-33-56)77-68(73)60-40-48-62(49-41-60)75-52-21-18-15-12-9-6-3/h26-49H,4-21,50-52H2,1-3H3. The van der Waals surface area contributed by atoms with E-state index in [1.54, 1.807) is 146 Å². The first-order valence-electron chi connectivity index (χ1n) is 27.9. The molecule has 0 aliphatic heterocycles. The van der Waals surface area contributed by atoms with E-state index in [1.807, 2.05) is 0 Å². The van der Waals surface area contributed by atoms with Crippen LogP contribution in [-0.4, -0.2) is 48.4 Å². The highest BCUT2D eigenvalue weighted by atomic mass is 16.5. The molecule has 0 aromatic heterocycles. The molecule has 0 heterocycles. The first-order chi connectivity index (χ1) is 37.7. The Labute approximate surface area is 457 Å². The smallest absolute Gasteiger partial charge is 0.343 e. The fourth-order valence-corrected chi connectivity index (χ4v) is 8.40. The summed E-state index contributed by atoms with van der Waals surface area (Å²) in [4.78, 5) is 55.1. The van der Waals surface area contributed by atoms with Crippen LogP contribution in [0.4, 0.5) is 0 Å². The van der Waals surface area contributed by atoms with Crippen LogP contribution in [0.15, 0.2) is 146 Å². The molecule has 6 rings (SSSR count). The molecule has 0 saturated carbocycles. The molecular weight excluding hydrogens is 959 g/mol. The quantitative estimate of drug-likeness (QED) is 0.0150. The van der Waals surface area contributed by atoms with Gasteiger partial charge >= 0.3 is 11.9 Å². The van der Waals surface area contributed by atoms with E-state index in [0.29, 0.717) is 71.1 Å². The van der Waals surface area contributed by atoms with Crippen LogP contribution in [0.2, 0.25) is 0 Å². The average Bonchev–Trinajstić information content (AvgIpc) is 3.47. The molecule has 400 valence electrons. The molecule has 0 bridgehead atoms. The van der Waals surface area contributed by atoms with Crippen molar-refractivity contribution in [1.29, 1.82) is 0 Å². The van der Waals surface area contributed by atoms with Crippen molar-refractivity contribution < 1.29 is 38.1 Å². The second-order valence-electron chi connectivity index (χ2n) is 19.3. The van der Waals surface area contributed by atoms with Crippen LogP contribution in [0.5, 0.6) is 23.0 Å². The zero-order valence-corrected chi connectivity index (χ0v) is 45.4. The third kappa shape index (κ3) is 20.6. The van der Waals surface area contributed by atoms with E-state index in [1.165, 1.54) is 56.3 Å². The fraction of sp³-hybridized carbons (Fsp3) is 0.353. The lowest BCUT2D eigenvalue weighted by atomic mass is 10.1. The Hall–Kier alpha value is -7.88. The van der Waals surface area contributed by atoms with Crippen molar-refractivity contribution in [3.63, 3.8) is 0 Å². The van der Waals surface area contributed by atoms with E-state index in [4.69, 9.17) is 18.9 Å². The van der Waals surface area contributed by atoms with Crippen molar-refractivity contribution in [3.8, 4) is 46.7 Å². The SMILES string of the molecule is CCCCCCCCOc1ccc(C(=O)Oc2ccc(C#Cc3ccc(C(=O)N(CCCCCCCC)C(=O)c4ccc(C#Cc5ccc(OC(=O)c6ccc(OCCCCCCCC)cc6)cc5)cc4)cc3)cc2)cc1. The van der Waals surface area contributed by atoms with Gasteiger partial charge in [-0.2, -0.15) is 0 Å². The van der Waals surface area contributed by atoms with E-state index in [0.717, 1.165) is 80.4 Å². The van der Waals surface area contributed by atoms with Crippen molar-refractivity contribution in [3.05, 3.63) is 190 Å². The molecule has 0 spiro atoms. The highest BCUT2D eigenvalue weighted by Crippen LogP contribution is 2.21. The molecule has 0 radical (unpaired) electrons. The van der Waals surface area contributed by atoms with Gasteiger partial charge in [-0.05, 0) is 165 Å². The third-order valence-electron chi connectivity index (χ3n) is 13.0. The minimum atomic E-state index is -0.460. The molecule has 9 nitrogen and oxygen atoms in total. The summed E-state index contributed by atoms with van der Waals surface area (Å²) in [6.45, 7) is 8.21. The summed E-state index contributed by atoms with van der Waals surface area (Å²) in [7, 11) is 0. The number of carbonyl (C=O) groups is 4. The molecule has 0 fully saturated rings. The van der Waals surface area contributed by atoms with Gasteiger partial charge < -0.3 is 18.9 Å². The zero-order chi connectivity index (χ0) is 54.3. The predicted molar refractivity (Wildman–Crippen MR) is 307 cm³/mol. The summed E-state index contributed by atoms with van der Waals surface area (Å²) in [5, 5.41) is 0. The van der Waals surface area contributed by atoms with Gasteiger partial charge in [0.25, 0.3) is 11.8 Å².